The first kappa shape index (κ1) is 26.3. The van der Waals surface area contributed by atoms with E-state index in [-0.39, 0.29) is 18.4 Å². The number of nitrogens with zero attached hydrogens (tertiary/aromatic N) is 1. The minimum absolute atomic E-state index is 0.167. The highest BCUT2D eigenvalue weighted by Crippen LogP contribution is 2.22. The summed E-state index contributed by atoms with van der Waals surface area (Å²) in [5.41, 5.74) is 3.91. The number of benzene rings is 3. The van der Waals surface area contributed by atoms with Crippen LogP contribution in [0.1, 0.15) is 35.6 Å². The van der Waals surface area contributed by atoms with Crippen LogP contribution in [0.25, 0.3) is 0 Å². The van der Waals surface area contributed by atoms with Gasteiger partial charge in [-0.1, -0.05) is 73.1 Å². The van der Waals surface area contributed by atoms with Crippen LogP contribution in [0.15, 0.2) is 72.8 Å². The van der Waals surface area contributed by atoms with Gasteiger partial charge in [0, 0.05) is 24.5 Å². The fraction of sp³-hybridized carbons (Fsp3) is 0.310. The third-order valence-electron chi connectivity index (χ3n) is 5.91. The second kappa shape index (κ2) is 13.0. The van der Waals surface area contributed by atoms with Crippen LogP contribution in [0.4, 0.5) is 0 Å². The van der Waals surface area contributed by atoms with Crippen molar-refractivity contribution >= 4 is 23.4 Å². The number of amides is 2. The zero-order valence-electron chi connectivity index (χ0n) is 20.6. The van der Waals surface area contributed by atoms with Gasteiger partial charge in [-0.05, 0) is 60.7 Å². The Kier molecular flexibility index (Phi) is 9.74. The summed E-state index contributed by atoms with van der Waals surface area (Å²) in [6.45, 7) is 6.58. The lowest BCUT2D eigenvalue weighted by molar-refractivity contribution is -0.142. The summed E-state index contributed by atoms with van der Waals surface area (Å²) in [5, 5.41) is 3.63. The van der Waals surface area contributed by atoms with Gasteiger partial charge in [0.25, 0.3) is 5.91 Å². The number of hydrogen-bond donors (Lipinski definition) is 1. The third kappa shape index (κ3) is 7.59. The summed E-state index contributed by atoms with van der Waals surface area (Å²) in [5.74, 6) is 0.138. The molecule has 0 radical (unpaired) electrons. The molecule has 0 aliphatic heterocycles. The summed E-state index contributed by atoms with van der Waals surface area (Å²) in [6, 6.07) is 22.3. The van der Waals surface area contributed by atoms with Crippen molar-refractivity contribution in [1.82, 2.24) is 10.2 Å². The lowest BCUT2D eigenvalue weighted by Crippen LogP contribution is -2.51. The summed E-state index contributed by atoms with van der Waals surface area (Å²) in [6.07, 6.45) is 1.22. The van der Waals surface area contributed by atoms with Gasteiger partial charge < -0.3 is 15.0 Å². The van der Waals surface area contributed by atoms with Crippen LogP contribution in [0.3, 0.4) is 0 Å². The molecule has 0 unspecified atom stereocenters. The van der Waals surface area contributed by atoms with E-state index >= 15 is 0 Å². The van der Waals surface area contributed by atoms with E-state index in [4.69, 9.17) is 16.3 Å². The first-order valence-corrected chi connectivity index (χ1v) is 12.3. The number of rotatable bonds is 11. The smallest absolute Gasteiger partial charge is 0.261 e. The molecular weight excluding hydrogens is 460 g/mol. The highest BCUT2D eigenvalue weighted by Gasteiger charge is 2.30. The molecule has 1 N–H and O–H groups in total. The van der Waals surface area contributed by atoms with Gasteiger partial charge in [-0.2, -0.15) is 0 Å². The lowest BCUT2D eigenvalue weighted by atomic mass is 10.0. The zero-order chi connectivity index (χ0) is 25.2. The predicted molar refractivity (Wildman–Crippen MR) is 141 cm³/mol. The Morgan fingerprint density at radius 3 is 2.37 bits per heavy atom. The van der Waals surface area contributed by atoms with Crippen LogP contribution >= 0.6 is 11.6 Å². The van der Waals surface area contributed by atoms with Gasteiger partial charge in [-0.3, -0.25) is 9.59 Å². The predicted octanol–water partition coefficient (Wildman–Crippen LogP) is 5.50. The number of hydrogen-bond acceptors (Lipinski definition) is 3. The van der Waals surface area contributed by atoms with E-state index in [0.717, 1.165) is 28.7 Å². The van der Waals surface area contributed by atoms with E-state index in [1.54, 1.807) is 23.1 Å². The van der Waals surface area contributed by atoms with Crippen LogP contribution < -0.4 is 10.1 Å². The van der Waals surface area contributed by atoms with E-state index in [0.29, 0.717) is 30.3 Å². The summed E-state index contributed by atoms with van der Waals surface area (Å²) >= 11 is 6.12. The van der Waals surface area contributed by atoms with E-state index in [2.05, 4.69) is 5.32 Å². The maximum absolute atomic E-state index is 13.6. The first-order chi connectivity index (χ1) is 16.9. The van der Waals surface area contributed by atoms with Crippen LogP contribution in [0.5, 0.6) is 5.75 Å². The monoisotopic (exact) mass is 492 g/mol. The standard InChI is InChI=1S/C29H33ClN2O3/c1-4-16-31-29(34)27(18-23-11-6-5-7-12-23)32(19-24-13-9-8-10-21(24)2)28(33)20-35-25-14-15-26(30)22(3)17-25/h5-15,17,27H,4,16,18-20H2,1-3H3,(H,31,34)/t27-/m1/s1. The molecule has 35 heavy (non-hydrogen) atoms. The van der Waals surface area contributed by atoms with Crippen LogP contribution in [0.2, 0.25) is 5.02 Å². The average molecular weight is 493 g/mol. The molecule has 1 atom stereocenters. The molecule has 0 aromatic heterocycles. The molecule has 0 bridgehead atoms. The van der Waals surface area contributed by atoms with Gasteiger partial charge in [0.1, 0.15) is 11.8 Å². The molecule has 5 nitrogen and oxygen atoms in total. The van der Waals surface area contributed by atoms with Gasteiger partial charge >= 0.3 is 0 Å². The third-order valence-corrected chi connectivity index (χ3v) is 6.34. The van der Waals surface area contributed by atoms with Crippen molar-refractivity contribution in [2.24, 2.45) is 0 Å². The number of ether oxygens (including phenoxy) is 1. The van der Waals surface area contributed by atoms with Gasteiger partial charge in [0.05, 0.1) is 0 Å². The maximum Gasteiger partial charge on any atom is 0.261 e. The van der Waals surface area contributed by atoms with Gasteiger partial charge in [0.15, 0.2) is 6.61 Å². The maximum atomic E-state index is 13.6. The van der Waals surface area contributed by atoms with Crippen molar-refractivity contribution in [2.45, 2.75) is 46.2 Å². The second-order valence-electron chi connectivity index (χ2n) is 8.64. The van der Waals surface area contributed by atoms with Crippen molar-refractivity contribution in [3.8, 4) is 5.75 Å². The first-order valence-electron chi connectivity index (χ1n) is 11.9. The molecule has 0 saturated carbocycles. The Labute approximate surface area is 213 Å². The molecule has 184 valence electrons. The van der Waals surface area contributed by atoms with E-state index in [1.165, 1.54) is 0 Å². The van der Waals surface area contributed by atoms with Crippen molar-refractivity contribution < 1.29 is 14.3 Å². The van der Waals surface area contributed by atoms with Crippen molar-refractivity contribution in [3.05, 3.63) is 100 Å². The Hall–Kier alpha value is -3.31. The number of carbonyl (C=O) groups is 2. The average Bonchev–Trinajstić information content (AvgIpc) is 2.86. The molecule has 3 aromatic carbocycles. The topological polar surface area (TPSA) is 58.6 Å². The fourth-order valence-corrected chi connectivity index (χ4v) is 3.94. The largest absolute Gasteiger partial charge is 0.484 e. The quantitative estimate of drug-likeness (QED) is 0.384. The van der Waals surface area contributed by atoms with Gasteiger partial charge in [-0.15, -0.1) is 0 Å². The molecule has 2 amide bonds. The number of nitrogens with one attached hydrogen (secondary N) is 1. The summed E-state index contributed by atoms with van der Waals surface area (Å²) < 4.78 is 5.83. The molecule has 0 aliphatic carbocycles. The molecule has 0 aliphatic rings. The van der Waals surface area contributed by atoms with Crippen LogP contribution in [-0.4, -0.2) is 35.9 Å². The van der Waals surface area contributed by atoms with Gasteiger partial charge in [0.2, 0.25) is 5.91 Å². The molecule has 0 spiro atoms. The lowest BCUT2D eigenvalue weighted by Gasteiger charge is -2.32. The number of halogens is 1. The molecule has 0 fully saturated rings. The Balaban J connectivity index is 1.90. The highest BCUT2D eigenvalue weighted by atomic mass is 35.5. The summed E-state index contributed by atoms with van der Waals surface area (Å²) in [7, 11) is 0. The fourth-order valence-electron chi connectivity index (χ4n) is 3.83. The van der Waals surface area contributed by atoms with Gasteiger partial charge in [-0.25, -0.2) is 0 Å². The molecule has 3 rings (SSSR count). The zero-order valence-corrected chi connectivity index (χ0v) is 21.3. The van der Waals surface area contributed by atoms with E-state index in [9.17, 15) is 9.59 Å². The van der Waals surface area contributed by atoms with Crippen LogP contribution in [-0.2, 0) is 22.6 Å². The van der Waals surface area contributed by atoms with Crippen molar-refractivity contribution in [3.63, 3.8) is 0 Å². The molecule has 0 saturated heterocycles. The highest BCUT2D eigenvalue weighted by molar-refractivity contribution is 6.31. The number of aryl methyl sites for hydroxylation is 2. The Bertz CT molecular complexity index is 1130. The Morgan fingerprint density at radius 2 is 1.69 bits per heavy atom. The normalized spacial score (nSPS) is 11.5. The van der Waals surface area contributed by atoms with E-state index < -0.39 is 6.04 Å². The molecule has 0 heterocycles. The van der Waals surface area contributed by atoms with Crippen molar-refractivity contribution in [1.29, 1.82) is 0 Å². The van der Waals surface area contributed by atoms with Crippen LogP contribution in [0, 0.1) is 13.8 Å². The summed E-state index contributed by atoms with van der Waals surface area (Å²) in [4.78, 5) is 28.6. The molecular formula is C29H33ClN2O3. The second-order valence-corrected chi connectivity index (χ2v) is 9.05. The SMILES string of the molecule is CCCNC(=O)[C@@H](Cc1ccccc1)N(Cc1ccccc1C)C(=O)COc1ccc(Cl)c(C)c1. The minimum Gasteiger partial charge on any atom is -0.484 e. The molecule has 3 aromatic rings. The number of carbonyl (C=O) groups excluding carboxylic acids is 2. The minimum atomic E-state index is -0.674. The molecule has 6 heteroatoms. The van der Waals surface area contributed by atoms with Crippen molar-refractivity contribution in [2.75, 3.05) is 13.2 Å². The van der Waals surface area contributed by atoms with E-state index in [1.807, 2.05) is 75.4 Å². The Morgan fingerprint density at radius 1 is 0.971 bits per heavy atom.